The third-order valence-corrected chi connectivity index (χ3v) is 7.31. The summed E-state index contributed by atoms with van der Waals surface area (Å²) in [7, 11) is -1.07. The molecule has 0 radical (unpaired) electrons. The zero-order valence-corrected chi connectivity index (χ0v) is 18.8. The number of ether oxygens (including phenoxy) is 1. The van der Waals surface area contributed by atoms with Gasteiger partial charge in [-0.2, -0.15) is 0 Å². The van der Waals surface area contributed by atoms with Gasteiger partial charge in [0.2, 0.25) is 0 Å². The minimum absolute atomic E-state index is 0.530. The van der Waals surface area contributed by atoms with Gasteiger partial charge < -0.3 is 14.6 Å². The number of fused-ring (bicyclic) bond motifs is 1. The van der Waals surface area contributed by atoms with Crippen LogP contribution in [0.2, 0.25) is 25.7 Å². The Bertz CT molecular complexity index is 957. The molecular formula is C23H32N4OSi. The van der Waals surface area contributed by atoms with E-state index in [1.807, 2.05) is 23.0 Å². The first-order valence-electron chi connectivity index (χ1n) is 10.8. The van der Waals surface area contributed by atoms with Gasteiger partial charge in [-0.1, -0.05) is 50.7 Å². The number of hydrogen-bond acceptors (Lipinski definition) is 4. The molecule has 154 valence electrons. The van der Waals surface area contributed by atoms with E-state index in [1.165, 1.54) is 31.7 Å². The predicted octanol–water partition coefficient (Wildman–Crippen LogP) is 5.77. The first-order chi connectivity index (χ1) is 14.0. The van der Waals surface area contributed by atoms with Gasteiger partial charge in [0.1, 0.15) is 12.2 Å². The van der Waals surface area contributed by atoms with Crippen molar-refractivity contribution < 1.29 is 4.74 Å². The Balaban J connectivity index is 1.50. The highest BCUT2D eigenvalue weighted by molar-refractivity contribution is 6.76. The molecule has 2 aromatic heterocycles. The molecule has 5 nitrogen and oxygen atoms in total. The van der Waals surface area contributed by atoms with Gasteiger partial charge in [0, 0.05) is 38.2 Å². The number of aromatic nitrogens is 3. The summed E-state index contributed by atoms with van der Waals surface area (Å²) in [5, 5.41) is 3.72. The second-order valence-electron chi connectivity index (χ2n) is 9.27. The first kappa shape index (κ1) is 20.1. The summed E-state index contributed by atoms with van der Waals surface area (Å²) in [6.45, 7) is 8.44. The molecule has 0 bridgehead atoms. The van der Waals surface area contributed by atoms with Crippen molar-refractivity contribution in [3.63, 3.8) is 0 Å². The summed E-state index contributed by atoms with van der Waals surface area (Å²) in [4.78, 5) is 9.62. The van der Waals surface area contributed by atoms with Gasteiger partial charge in [0.15, 0.2) is 5.65 Å². The van der Waals surface area contributed by atoms with Crippen LogP contribution in [-0.4, -0.2) is 35.3 Å². The Kier molecular flexibility index (Phi) is 6.01. The van der Waals surface area contributed by atoms with E-state index in [0.717, 1.165) is 34.7 Å². The zero-order valence-electron chi connectivity index (χ0n) is 17.8. The Morgan fingerprint density at radius 1 is 1.14 bits per heavy atom. The van der Waals surface area contributed by atoms with Gasteiger partial charge in [0.25, 0.3) is 0 Å². The van der Waals surface area contributed by atoms with Crippen LogP contribution >= 0.6 is 0 Å². The average Bonchev–Trinajstić information content (AvgIpc) is 3.34. The van der Waals surface area contributed by atoms with Crippen LogP contribution in [0.4, 0.5) is 5.69 Å². The summed E-state index contributed by atoms with van der Waals surface area (Å²) in [6.07, 6.45) is 9.04. The van der Waals surface area contributed by atoms with E-state index in [4.69, 9.17) is 14.7 Å². The minimum atomic E-state index is -1.07. The van der Waals surface area contributed by atoms with Gasteiger partial charge >= 0.3 is 0 Å². The predicted molar refractivity (Wildman–Crippen MR) is 123 cm³/mol. The highest BCUT2D eigenvalue weighted by Gasteiger charge is 2.17. The number of nitrogens with one attached hydrogen (secondary N) is 1. The van der Waals surface area contributed by atoms with Crippen molar-refractivity contribution in [3.8, 4) is 11.3 Å². The highest BCUT2D eigenvalue weighted by atomic mass is 28.3. The van der Waals surface area contributed by atoms with E-state index >= 15 is 0 Å². The van der Waals surface area contributed by atoms with Crippen LogP contribution in [0.1, 0.15) is 25.7 Å². The molecule has 1 fully saturated rings. The second kappa shape index (κ2) is 8.67. The molecule has 0 amide bonds. The SMILES string of the molecule is C[Si](C)(C)CCOCn1ccc2nc(-c3ccccc3NC3CCCC3)cnc21. The molecule has 29 heavy (non-hydrogen) atoms. The van der Waals surface area contributed by atoms with E-state index in [0.29, 0.717) is 12.8 Å². The van der Waals surface area contributed by atoms with Crippen molar-refractivity contribution >= 4 is 24.9 Å². The van der Waals surface area contributed by atoms with Gasteiger partial charge in [-0.25, -0.2) is 9.97 Å². The summed E-state index contributed by atoms with van der Waals surface area (Å²) >= 11 is 0. The number of nitrogens with zero attached hydrogens (tertiary/aromatic N) is 3. The van der Waals surface area contributed by atoms with Crippen molar-refractivity contribution in [2.24, 2.45) is 0 Å². The lowest BCUT2D eigenvalue weighted by atomic mass is 10.1. The van der Waals surface area contributed by atoms with Crippen LogP contribution in [0.25, 0.3) is 22.4 Å². The van der Waals surface area contributed by atoms with E-state index in [2.05, 4.69) is 49.2 Å². The molecule has 0 atom stereocenters. The molecule has 1 aliphatic rings. The van der Waals surface area contributed by atoms with Crippen molar-refractivity contribution in [1.29, 1.82) is 0 Å². The second-order valence-corrected chi connectivity index (χ2v) is 14.9. The van der Waals surface area contributed by atoms with E-state index in [1.54, 1.807) is 0 Å². The lowest BCUT2D eigenvalue weighted by molar-refractivity contribution is 0.0899. The molecule has 1 aliphatic carbocycles. The van der Waals surface area contributed by atoms with E-state index in [-0.39, 0.29) is 0 Å². The summed E-state index contributed by atoms with van der Waals surface area (Å²) in [5.74, 6) is 0. The number of benzene rings is 1. The molecule has 2 heterocycles. The maximum Gasteiger partial charge on any atom is 0.160 e. The molecule has 3 aromatic rings. The zero-order chi connectivity index (χ0) is 20.3. The summed E-state index contributed by atoms with van der Waals surface area (Å²) in [5.41, 5.74) is 4.97. The van der Waals surface area contributed by atoms with Crippen LogP contribution in [0.5, 0.6) is 0 Å². The quantitative estimate of drug-likeness (QED) is 0.380. The maximum absolute atomic E-state index is 5.89. The van der Waals surface area contributed by atoms with Crippen molar-refractivity contribution in [2.75, 3.05) is 11.9 Å². The van der Waals surface area contributed by atoms with Crippen molar-refractivity contribution in [1.82, 2.24) is 14.5 Å². The number of hydrogen-bond donors (Lipinski definition) is 1. The van der Waals surface area contributed by atoms with Crippen LogP contribution in [0.15, 0.2) is 42.7 Å². The van der Waals surface area contributed by atoms with E-state index in [9.17, 15) is 0 Å². The fourth-order valence-electron chi connectivity index (χ4n) is 3.86. The summed E-state index contributed by atoms with van der Waals surface area (Å²) in [6, 6.07) is 12.2. The van der Waals surface area contributed by atoms with Crippen molar-refractivity contribution in [3.05, 3.63) is 42.7 Å². The molecule has 1 saturated carbocycles. The van der Waals surface area contributed by atoms with Gasteiger partial charge in [-0.3, -0.25) is 0 Å². The first-order valence-corrected chi connectivity index (χ1v) is 14.5. The molecule has 1 aromatic carbocycles. The third-order valence-electron chi connectivity index (χ3n) is 5.61. The standard InChI is InChI=1S/C23H32N4OSi/c1-29(2,3)15-14-28-17-27-13-12-21-23(27)24-16-22(26-21)19-10-6-7-11-20(19)25-18-8-4-5-9-18/h6-7,10-13,16,18,25H,4-5,8-9,14-15,17H2,1-3H3. The Hall–Kier alpha value is -2.18. The molecule has 6 heteroatoms. The molecule has 0 aliphatic heterocycles. The molecule has 0 saturated heterocycles. The van der Waals surface area contributed by atoms with Gasteiger partial charge in [-0.15, -0.1) is 0 Å². The maximum atomic E-state index is 5.89. The highest BCUT2D eigenvalue weighted by Crippen LogP contribution is 2.30. The lowest BCUT2D eigenvalue weighted by Gasteiger charge is -2.17. The van der Waals surface area contributed by atoms with Gasteiger partial charge in [0.05, 0.1) is 11.9 Å². The summed E-state index contributed by atoms with van der Waals surface area (Å²) < 4.78 is 7.93. The van der Waals surface area contributed by atoms with Crippen LogP contribution in [-0.2, 0) is 11.5 Å². The largest absolute Gasteiger partial charge is 0.382 e. The Morgan fingerprint density at radius 2 is 1.93 bits per heavy atom. The monoisotopic (exact) mass is 408 g/mol. The fraction of sp³-hybridized carbons (Fsp3) is 0.478. The van der Waals surface area contributed by atoms with Crippen LogP contribution in [0.3, 0.4) is 0 Å². The number of para-hydroxylation sites is 1. The topological polar surface area (TPSA) is 52.0 Å². The molecule has 0 unspecified atom stereocenters. The Morgan fingerprint density at radius 3 is 2.72 bits per heavy atom. The average molecular weight is 409 g/mol. The molecular weight excluding hydrogens is 376 g/mol. The number of anilines is 1. The lowest BCUT2D eigenvalue weighted by Crippen LogP contribution is -2.22. The van der Waals surface area contributed by atoms with E-state index < -0.39 is 8.07 Å². The van der Waals surface area contributed by atoms with Crippen LogP contribution < -0.4 is 5.32 Å². The van der Waals surface area contributed by atoms with Gasteiger partial charge in [-0.05, 0) is 31.0 Å². The third kappa shape index (κ3) is 5.06. The Labute approximate surface area is 174 Å². The number of rotatable bonds is 8. The molecule has 1 N–H and O–H groups in total. The van der Waals surface area contributed by atoms with Crippen molar-refractivity contribution in [2.45, 2.75) is 64.1 Å². The fourth-order valence-corrected chi connectivity index (χ4v) is 4.62. The normalized spacial score (nSPS) is 15.3. The molecule has 4 rings (SSSR count). The minimum Gasteiger partial charge on any atom is -0.382 e. The molecule has 0 spiro atoms. The smallest absolute Gasteiger partial charge is 0.160 e. The van der Waals surface area contributed by atoms with Crippen LogP contribution in [0, 0.1) is 0 Å².